The van der Waals surface area contributed by atoms with Crippen LogP contribution in [0.4, 0.5) is 0 Å². The summed E-state index contributed by atoms with van der Waals surface area (Å²) in [5.74, 6) is 3.30. The van der Waals surface area contributed by atoms with Gasteiger partial charge in [-0.3, -0.25) is 9.80 Å². The molecule has 50 heavy (non-hydrogen) atoms. The maximum atomic E-state index is 5.77. The van der Waals surface area contributed by atoms with Crippen LogP contribution in [-0.4, -0.2) is 89.6 Å². The van der Waals surface area contributed by atoms with Gasteiger partial charge < -0.3 is 9.47 Å². The van der Waals surface area contributed by atoms with E-state index in [2.05, 4.69) is 89.4 Å². The molecule has 0 aliphatic carbocycles. The molecule has 0 amide bonds. The molecular weight excluding hydrogens is 628 g/mol. The highest BCUT2D eigenvalue weighted by molar-refractivity contribution is 5.34. The van der Waals surface area contributed by atoms with Crippen molar-refractivity contribution in [1.29, 1.82) is 0 Å². The third-order valence-corrected chi connectivity index (χ3v) is 9.05. The van der Waals surface area contributed by atoms with Crippen LogP contribution in [0.5, 0.6) is 11.5 Å². The number of aromatic nitrogens is 8. The smallest absolute Gasteiger partial charge is 0.173 e. The molecule has 1 fully saturated rings. The molecule has 1 aliphatic heterocycles. The van der Waals surface area contributed by atoms with Crippen LogP contribution < -0.4 is 9.47 Å². The molecule has 0 N–H and O–H groups in total. The van der Waals surface area contributed by atoms with Crippen LogP contribution in [0.25, 0.3) is 0 Å². The molecule has 0 bridgehead atoms. The molecule has 0 spiro atoms. The number of piperazine rings is 1. The lowest BCUT2D eigenvalue weighted by Gasteiger charge is -2.41. The predicted octanol–water partition coefficient (Wildman–Crippen LogP) is 5.05. The van der Waals surface area contributed by atoms with E-state index in [4.69, 9.17) is 9.47 Å². The Morgan fingerprint density at radius 1 is 0.520 bits per heavy atom. The minimum atomic E-state index is -0.154. The molecule has 0 unspecified atom stereocenters. The van der Waals surface area contributed by atoms with E-state index in [0.29, 0.717) is 26.3 Å². The number of ether oxygens (including phenoxy) is 2. The Morgan fingerprint density at radius 3 is 1.26 bits per heavy atom. The molecule has 3 heterocycles. The highest BCUT2D eigenvalue weighted by atomic mass is 16.5. The summed E-state index contributed by atoms with van der Waals surface area (Å²) < 4.78 is 15.4. The SMILES string of the molecule is CCOc1ccc([C@@H](c2nnnn2Cc2ccccc2)N2CCN([C@@H](c3ccc(OCC)cc3)c3nnnn3Cc3ccccc3)CC2)cc1. The van der Waals surface area contributed by atoms with Crippen molar-refractivity contribution >= 4 is 0 Å². The fraction of sp³-hybridized carbons (Fsp3) is 0.316. The molecule has 7 rings (SSSR count). The number of rotatable bonds is 14. The van der Waals surface area contributed by atoms with Gasteiger partial charge in [0.25, 0.3) is 0 Å². The average Bonchev–Trinajstić information content (AvgIpc) is 3.81. The summed E-state index contributed by atoms with van der Waals surface area (Å²) in [6.45, 7) is 9.51. The van der Waals surface area contributed by atoms with E-state index >= 15 is 0 Å². The maximum absolute atomic E-state index is 5.77. The van der Waals surface area contributed by atoms with Gasteiger partial charge in [-0.1, -0.05) is 84.9 Å². The molecule has 2 atom stereocenters. The standard InChI is InChI=1S/C38H42N10O2/c1-3-49-33-19-15-31(16-20-33)35(37-39-41-43-47(37)27-29-11-7-5-8-12-29)45-23-25-46(26-24-45)36(32-17-21-34(22-18-32)50-4-2)38-40-42-44-48(38)28-30-13-9-6-10-14-30/h5-22,35-36H,3-4,23-28H2,1-2H3/t35-,36-/m0/s1. The number of tetrazole rings is 2. The Labute approximate surface area is 292 Å². The third-order valence-electron chi connectivity index (χ3n) is 9.05. The van der Waals surface area contributed by atoms with Crippen LogP contribution in [0.15, 0.2) is 109 Å². The minimum Gasteiger partial charge on any atom is -0.494 e. The van der Waals surface area contributed by atoms with Gasteiger partial charge in [-0.2, -0.15) is 0 Å². The van der Waals surface area contributed by atoms with Gasteiger partial charge in [-0.05, 0) is 81.2 Å². The van der Waals surface area contributed by atoms with Crippen molar-refractivity contribution in [2.45, 2.75) is 39.0 Å². The first-order valence-corrected chi connectivity index (χ1v) is 17.2. The first-order valence-electron chi connectivity index (χ1n) is 17.2. The molecule has 6 aromatic rings. The second-order valence-electron chi connectivity index (χ2n) is 12.2. The zero-order chi connectivity index (χ0) is 34.1. The van der Waals surface area contributed by atoms with Gasteiger partial charge in [0.05, 0.1) is 38.4 Å². The van der Waals surface area contributed by atoms with E-state index in [9.17, 15) is 0 Å². The monoisotopic (exact) mass is 670 g/mol. The van der Waals surface area contributed by atoms with Gasteiger partial charge in [-0.25, -0.2) is 9.36 Å². The van der Waals surface area contributed by atoms with Crippen LogP contribution in [0.3, 0.4) is 0 Å². The Morgan fingerprint density at radius 2 is 0.900 bits per heavy atom. The Balaban J connectivity index is 1.18. The molecule has 12 heteroatoms. The van der Waals surface area contributed by atoms with Crippen molar-refractivity contribution in [2.75, 3.05) is 39.4 Å². The van der Waals surface area contributed by atoms with Crippen LogP contribution in [0.2, 0.25) is 0 Å². The van der Waals surface area contributed by atoms with Crippen molar-refractivity contribution in [3.05, 3.63) is 143 Å². The van der Waals surface area contributed by atoms with Crippen molar-refractivity contribution in [2.24, 2.45) is 0 Å². The minimum absolute atomic E-state index is 0.154. The van der Waals surface area contributed by atoms with E-state index < -0.39 is 0 Å². The molecule has 1 saturated heterocycles. The Kier molecular flexibility index (Phi) is 10.5. The normalized spacial score (nSPS) is 15.1. The fourth-order valence-electron chi connectivity index (χ4n) is 6.68. The van der Waals surface area contributed by atoms with Crippen LogP contribution in [-0.2, 0) is 13.1 Å². The average molecular weight is 671 g/mol. The second kappa shape index (κ2) is 15.8. The molecule has 256 valence electrons. The second-order valence-corrected chi connectivity index (χ2v) is 12.2. The first kappa shape index (κ1) is 33.1. The Bertz CT molecular complexity index is 1760. The molecule has 0 radical (unpaired) electrons. The Hall–Kier alpha value is -5.46. The number of hydrogen-bond donors (Lipinski definition) is 0. The zero-order valence-corrected chi connectivity index (χ0v) is 28.5. The summed E-state index contributed by atoms with van der Waals surface area (Å²) in [6.07, 6.45) is 0. The van der Waals surface area contributed by atoms with E-state index in [1.165, 1.54) is 0 Å². The van der Waals surface area contributed by atoms with Gasteiger partial charge in [0.15, 0.2) is 11.6 Å². The number of nitrogens with zero attached hydrogens (tertiary/aromatic N) is 10. The van der Waals surface area contributed by atoms with Gasteiger partial charge in [0, 0.05) is 26.2 Å². The molecule has 4 aromatic carbocycles. The summed E-state index contributed by atoms with van der Waals surface area (Å²) in [7, 11) is 0. The lowest BCUT2D eigenvalue weighted by Crippen LogP contribution is -2.50. The summed E-state index contributed by atoms with van der Waals surface area (Å²) >= 11 is 0. The predicted molar refractivity (Wildman–Crippen MR) is 189 cm³/mol. The van der Waals surface area contributed by atoms with E-state index in [0.717, 1.165) is 71.6 Å². The maximum Gasteiger partial charge on any atom is 0.173 e. The van der Waals surface area contributed by atoms with Gasteiger partial charge in [0.2, 0.25) is 0 Å². The van der Waals surface area contributed by atoms with Crippen molar-refractivity contribution in [3.8, 4) is 11.5 Å². The summed E-state index contributed by atoms with van der Waals surface area (Å²) in [6, 6.07) is 36.9. The lowest BCUT2D eigenvalue weighted by atomic mass is 10.0. The number of benzene rings is 4. The van der Waals surface area contributed by atoms with Crippen LogP contribution in [0.1, 0.15) is 59.8 Å². The first-order chi connectivity index (χ1) is 24.7. The van der Waals surface area contributed by atoms with Crippen LogP contribution in [0, 0.1) is 0 Å². The van der Waals surface area contributed by atoms with Gasteiger partial charge in [-0.15, -0.1) is 10.2 Å². The third kappa shape index (κ3) is 7.56. The molecule has 12 nitrogen and oxygen atoms in total. The van der Waals surface area contributed by atoms with Gasteiger partial charge in [0.1, 0.15) is 11.5 Å². The lowest BCUT2D eigenvalue weighted by molar-refractivity contribution is 0.0825. The fourth-order valence-corrected chi connectivity index (χ4v) is 6.68. The quantitative estimate of drug-likeness (QED) is 0.156. The van der Waals surface area contributed by atoms with Crippen molar-refractivity contribution in [3.63, 3.8) is 0 Å². The van der Waals surface area contributed by atoms with E-state index in [1.807, 2.05) is 83.9 Å². The van der Waals surface area contributed by atoms with Crippen LogP contribution >= 0.6 is 0 Å². The highest BCUT2D eigenvalue weighted by Crippen LogP contribution is 2.34. The summed E-state index contributed by atoms with van der Waals surface area (Å²) in [5, 5.41) is 26.4. The highest BCUT2D eigenvalue weighted by Gasteiger charge is 2.35. The van der Waals surface area contributed by atoms with E-state index in [-0.39, 0.29) is 12.1 Å². The molecule has 2 aromatic heterocycles. The van der Waals surface area contributed by atoms with Crippen molar-refractivity contribution in [1.82, 2.24) is 50.2 Å². The zero-order valence-electron chi connectivity index (χ0n) is 28.5. The topological polar surface area (TPSA) is 112 Å². The molecule has 0 saturated carbocycles. The summed E-state index contributed by atoms with van der Waals surface area (Å²) in [5.41, 5.74) is 4.51. The molecular formula is C38H42N10O2. The van der Waals surface area contributed by atoms with Crippen molar-refractivity contribution < 1.29 is 9.47 Å². The molecule has 1 aliphatic rings. The largest absolute Gasteiger partial charge is 0.494 e. The summed E-state index contributed by atoms with van der Waals surface area (Å²) in [4.78, 5) is 4.95. The van der Waals surface area contributed by atoms with E-state index in [1.54, 1.807) is 0 Å². The number of hydrogen-bond acceptors (Lipinski definition) is 10. The van der Waals surface area contributed by atoms with Gasteiger partial charge >= 0.3 is 0 Å².